The molecule has 10 heteroatoms. The first kappa shape index (κ1) is 21.7. The Labute approximate surface area is 182 Å². The SMILES string of the molecule is CC(CNC(=O)c1cnn2c1NC(c1ccccc1)C[C@H]2C(F)(F)F)Oc1cccnc1. The highest BCUT2D eigenvalue weighted by Gasteiger charge is 2.47. The second-order valence-electron chi connectivity index (χ2n) is 7.58. The van der Waals surface area contributed by atoms with Crippen LogP contribution < -0.4 is 15.4 Å². The second-order valence-corrected chi connectivity index (χ2v) is 7.58. The molecule has 1 aromatic carbocycles. The van der Waals surface area contributed by atoms with E-state index in [4.69, 9.17) is 4.74 Å². The first-order chi connectivity index (χ1) is 15.3. The molecule has 0 saturated carbocycles. The van der Waals surface area contributed by atoms with Crippen molar-refractivity contribution in [1.82, 2.24) is 20.1 Å². The van der Waals surface area contributed by atoms with Gasteiger partial charge < -0.3 is 15.4 Å². The van der Waals surface area contributed by atoms with Gasteiger partial charge in [-0.05, 0) is 24.6 Å². The predicted molar refractivity (Wildman–Crippen MR) is 111 cm³/mol. The maximum absolute atomic E-state index is 13.8. The highest BCUT2D eigenvalue weighted by molar-refractivity contribution is 5.98. The fraction of sp³-hybridized carbons (Fsp3) is 0.318. The third-order valence-electron chi connectivity index (χ3n) is 5.21. The smallest absolute Gasteiger partial charge is 0.410 e. The van der Waals surface area contributed by atoms with Crippen molar-refractivity contribution in [3.05, 3.63) is 72.2 Å². The minimum absolute atomic E-state index is 0.0470. The summed E-state index contributed by atoms with van der Waals surface area (Å²) < 4.78 is 47.8. The molecule has 0 saturated heterocycles. The number of hydrogen-bond acceptors (Lipinski definition) is 5. The Morgan fingerprint density at radius 1 is 1.25 bits per heavy atom. The van der Waals surface area contributed by atoms with Crippen LogP contribution in [0.4, 0.5) is 19.0 Å². The van der Waals surface area contributed by atoms with Gasteiger partial charge in [-0.1, -0.05) is 30.3 Å². The number of amides is 1. The molecule has 1 aliphatic heterocycles. The summed E-state index contributed by atoms with van der Waals surface area (Å²) in [6.45, 7) is 1.92. The van der Waals surface area contributed by atoms with E-state index in [-0.39, 0.29) is 30.5 Å². The summed E-state index contributed by atoms with van der Waals surface area (Å²) in [5, 5.41) is 9.66. The fourth-order valence-corrected chi connectivity index (χ4v) is 3.66. The molecule has 168 valence electrons. The Kier molecular flexibility index (Phi) is 6.02. The van der Waals surface area contributed by atoms with Crippen molar-refractivity contribution in [1.29, 1.82) is 0 Å². The first-order valence-electron chi connectivity index (χ1n) is 10.1. The Hall–Kier alpha value is -3.56. The minimum atomic E-state index is -4.50. The number of halogens is 3. The number of carbonyl (C=O) groups excluding carboxylic acids is 1. The van der Waals surface area contributed by atoms with Crippen molar-refractivity contribution >= 4 is 11.7 Å². The molecule has 32 heavy (non-hydrogen) atoms. The normalized spacial score (nSPS) is 18.9. The average molecular weight is 445 g/mol. The van der Waals surface area contributed by atoms with Gasteiger partial charge in [0.1, 0.15) is 23.2 Å². The molecule has 0 aliphatic carbocycles. The zero-order chi connectivity index (χ0) is 22.7. The molecule has 4 rings (SSSR count). The topological polar surface area (TPSA) is 81.1 Å². The van der Waals surface area contributed by atoms with Crippen molar-refractivity contribution in [2.24, 2.45) is 0 Å². The van der Waals surface area contributed by atoms with Crippen LogP contribution in [0.5, 0.6) is 5.75 Å². The molecule has 0 radical (unpaired) electrons. The number of nitrogens with one attached hydrogen (secondary N) is 2. The number of anilines is 1. The highest BCUT2D eigenvalue weighted by Crippen LogP contribution is 2.44. The van der Waals surface area contributed by atoms with Gasteiger partial charge in [0.25, 0.3) is 5.91 Å². The van der Waals surface area contributed by atoms with Gasteiger partial charge in [-0.2, -0.15) is 18.3 Å². The van der Waals surface area contributed by atoms with Crippen LogP contribution in [0.2, 0.25) is 0 Å². The van der Waals surface area contributed by atoms with Gasteiger partial charge in [-0.3, -0.25) is 9.78 Å². The van der Waals surface area contributed by atoms with E-state index in [0.29, 0.717) is 11.3 Å². The van der Waals surface area contributed by atoms with Gasteiger partial charge in [0.15, 0.2) is 6.04 Å². The molecule has 3 atom stereocenters. The number of pyridine rings is 1. The summed E-state index contributed by atoms with van der Waals surface area (Å²) in [6.07, 6.45) is -0.766. The Balaban J connectivity index is 1.51. The van der Waals surface area contributed by atoms with Gasteiger partial charge in [-0.15, -0.1) is 0 Å². The molecule has 0 bridgehead atoms. The summed E-state index contributed by atoms with van der Waals surface area (Å²) in [6, 6.07) is 9.88. The maximum atomic E-state index is 13.8. The van der Waals surface area contributed by atoms with E-state index in [1.165, 1.54) is 0 Å². The van der Waals surface area contributed by atoms with Gasteiger partial charge in [0.05, 0.1) is 25.0 Å². The van der Waals surface area contributed by atoms with Crippen molar-refractivity contribution in [2.75, 3.05) is 11.9 Å². The van der Waals surface area contributed by atoms with Crippen molar-refractivity contribution in [3.8, 4) is 5.75 Å². The number of rotatable bonds is 6. The van der Waals surface area contributed by atoms with E-state index in [1.54, 1.807) is 61.8 Å². The zero-order valence-electron chi connectivity index (χ0n) is 17.2. The molecule has 3 aromatic rings. The number of hydrogen-bond donors (Lipinski definition) is 2. The molecule has 3 heterocycles. The molecule has 2 unspecified atom stereocenters. The fourth-order valence-electron chi connectivity index (χ4n) is 3.66. The molecule has 1 amide bonds. The summed E-state index contributed by atoms with van der Waals surface area (Å²) >= 11 is 0. The molecule has 2 aromatic heterocycles. The lowest BCUT2D eigenvalue weighted by atomic mass is 9.96. The third-order valence-corrected chi connectivity index (χ3v) is 5.21. The van der Waals surface area contributed by atoms with E-state index < -0.39 is 24.2 Å². The Bertz CT molecular complexity index is 1060. The van der Waals surface area contributed by atoms with E-state index >= 15 is 0 Å². The molecule has 2 N–H and O–H groups in total. The number of fused-ring (bicyclic) bond motifs is 1. The second kappa shape index (κ2) is 8.89. The lowest BCUT2D eigenvalue weighted by Crippen LogP contribution is -2.37. The van der Waals surface area contributed by atoms with Gasteiger partial charge >= 0.3 is 6.18 Å². The van der Waals surface area contributed by atoms with Crippen LogP contribution in [0.1, 0.15) is 41.3 Å². The Morgan fingerprint density at radius 3 is 2.72 bits per heavy atom. The van der Waals surface area contributed by atoms with Crippen LogP contribution >= 0.6 is 0 Å². The van der Waals surface area contributed by atoms with Gasteiger partial charge in [0.2, 0.25) is 0 Å². The van der Waals surface area contributed by atoms with E-state index in [9.17, 15) is 18.0 Å². The maximum Gasteiger partial charge on any atom is 0.410 e. The van der Waals surface area contributed by atoms with Gasteiger partial charge in [0, 0.05) is 12.6 Å². The minimum Gasteiger partial charge on any atom is -0.487 e. The largest absolute Gasteiger partial charge is 0.487 e. The van der Waals surface area contributed by atoms with E-state index in [0.717, 1.165) is 10.9 Å². The number of benzene rings is 1. The zero-order valence-corrected chi connectivity index (χ0v) is 17.2. The standard InChI is InChI=1S/C22H22F3N5O2/c1-14(32-16-8-5-9-26-12-16)11-27-21(31)17-13-28-30-19(22(23,24)25)10-18(29-20(17)30)15-6-3-2-4-7-15/h2-9,12-14,18-19,29H,10-11H2,1H3,(H,27,31)/t14?,18?,19-/m0/s1. The lowest BCUT2D eigenvalue weighted by Gasteiger charge is -2.34. The van der Waals surface area contributed by atoms with Crippen LogP contribution in [0.3, 0.4) is 0 Å². The number of nitrogens with zero attached hydrogens (tertiary/aromatic N) is 3. The molecule has 0 spiro atoms. The quantitative estimate of drug-likeness (QED) is 0.596. The monoisotopic (exact) mass is 445 g/mol. The van der Waals surface area contributed by atoms with Crippen LogP contribution in [0.15, 0.2) is 61.1 Å². The van der Waals surface area contributed by atoms with Gasteiger partial charge in [-0.25, -0.2) is 4.68 Å². The average Bonchev–Trinajstić information content (AvgIpc) is 3.21. The van der Waals surface area contributed by atoms with E-state index in [1.807, 2.05) is 0 Å². The predicted octanol–water partition coefficient (Wildman–Crippen LogP) is 4.14. The highest BCUT2D eigenvalue weighted by atomic mass is 19.4. The summed E-state index contributed by atoms with van der Waals surface area (Å²) in [5.41, 5.74) is 0.757. The van der Waals surface area contributed by atoms with E-state index in [2.05, 4.69) is 20.7 Å². The molecule has 0 fully saturated rings. The van der Waals surface area contributed by atoms with Crippen molar-refractivity contribution < 1.29 is 22.7 Å². The van der Waals surface area contributed by atoms with Crippen LogP contribution in [-0.4, -0.2) is 39.5 Å². The van der Waals surface area contributed by atoms with Crippen molar-refractivity contribution in [2.45, 2.75) is 37.7 Å². The number of aromatic nitrogens is 3. The number of carbonyl (C=O) groups is 1. The van der Waals surface area contributed by atoms with Crippen LogP contribution in [-0.2, 0) is 0 Å². The van der Waals surface area contributed by atoms with Crippen LogP contribution in [0.25, 0.3) is 0 Å². The Morgan fingerprint density at radius 2 is 2.03 bits per heavy atom. The van der Waals surface area contributed by atoms with Crippen LogP contribution in [0, 0.1) is 0 Å². The molecular weight excluding hydrogens is 423 g/mol. The van der Waals surface area contributed by atoms with Crippen molar-refractivity contribution in [3.63, 3.8) is 0 Å². The number of alkyl halides is 3. The summed E-state index contributed by atoms with van der Waals surface area (Å²) in [4.78, 5) is 16.7. The number of ether oxygens (including phenoxy) is 1. The lowest BCUT2D eigenvalue weighted by molar-refractivity contribution is -0.173. The molecule has 1 aliphatic rings. The third kappa shape index (κ3) is 4.68. The molecule has 7 nitrogen and oxygen atoms in total. The first-order valence-corrected chi connectivity index (χ1v) is 10.1. The summed E-state index contributed by atoms with van der Waals surface area (Å²) in [5.74, 6) is 0.0679. The summed E-state index contributed by atoms with van der Waals surface area (Å²) in [7, 11) is 0. The molecular formula is C22H22F3N5O2.